The van der Waals surface area contributed by atoms with E-state index in [2.05, 4.69) is 12.2 Å². The van der Waals surface area contributed by atoms with Gasteiger partial charge in [-0.25, -0.2) is 4.79 Å². The summed E-state index contributed by atoms with van der Waals surface area (Å²) in [6, 6.07) is 14.6. The maximum absolute atomic E-state index is 12.8. The lowest BCUT2D eigenvalue weighted by Gasteiger charge is -2.09. The SMILES string of the molecule is CCCCOc1cccc(C(=O)Nc2sc3ccccc3c2C(=O)OCC)c1. The summed E-state index contributed by atoms with van der Waals surface area (Å²) in [5, 5.41) is 4.14. The molecule has 0 aliphatic heterocycles. The molecule has 0 aliphatic carbocycles. The summed E-state index contributed by atoms with van der Waals surface area (Å²) in [5.74, 6) is -0.0759. The topological polar surface area (TPSA) is 64.6 Å². The average molecular weight is 397 g/mol. The van der Waals surface area contributed by atoms with Crippen LogP contribution in [0.3, 0.4) is 0 Å². The van der Waals surface area contributed by atoms with E-state index in [1.807, 2.05) is 30.3 Å². The van der Waals surface area contributed by atoms with Gasteiger partial charge in [0.1, 0.15) is 16.3 Å². The van der Waals surface area contributed by atoms with Crippen molar-refractivity contribution >= 4 is 38.3 Å². The van der Waals surface area contributed by atoms with Crippen LogP contribution in [0.15, 0.2) is 48.5 Å². The molecule has 1 N–H and O–H groups in total. The van der Waals surface area contributed by atoms with Crippen molar-refractivity contribution in [3.05, 3.63) is 59.7 Å². The lowest BCUT2D eigenvalue weighted by Crippen LogP contribution is -2.14. The van der Waals surface area contributed by atoms with Crippen molar-refractivity contribution in [3.63, 3.8) is 0 Å². The Bertz CT molecular complexity index is 980. The largest absolute Gasteiger partial charge is 0.494 e. The highest BCUT2D eigenvalue weighted by molar-refractivity contribution is 7.23. The first-order valence-corrected chi connectivity index (χ1v) is 10.2. The van der Waals surface area contributed by atoms with Crippen LogP contribution < -0.4 is 10.1 Å². The number of carbonyl (C=O) groups excluding carboxylic acids is 2. The molecule has 146 valence electrons. The first-order chi connectivity index (χ1) is 13.6. The van der Waals surface area contributed by atoms with Gasteiger partial charge in [0, 0.05) is 15.6 Å². The summed E-state index contributed by atoms with van der Waals surface area (Å²) >= 11 is 1.36. The second kappa shape index (κ2) is 9.37. The lowest BCUT2D eigenvalue weighted by molar-refractivity contribution is 0.0530. The summed E-state index contributed by atoms with van der Waals surface area (Å²) in [7, 11) is 0. The summed E-state index contributed by atoms with van der Waals surface area (Å²) < 4.78 is 11.8. The molecule has 1 amide bonds. The first-order valence-electron chi connectivity index (χ1n) is 9.37. The molecule has 2 aromatic carbocycles. The van der Waals surface area contributed by atoms with Crippen LogP contribution in [0.5, 0.6) is 5.75 Å². The van der Waals surface area contributed by atoms with E-state index >= 15 is 0 Å². The fourth-order valence-electron chi connectivity index (χ4n) is 2.78. The van der Waals surface area contributed by atoms with Crippen LogP contribution in [-0.4, -0.2) is 25.1 Å². The molecule has 0 bridgehead atoms. The predicted molar refractivity (Wildman–Crippen MR) is 113 cm³/mol. The molecule has 5 nitrogen and oxygen atoms in total. The summed E-state index contributed by atoms with van der Waals surface area (Å²) in [6.45, 7) is 4.74. The molecule has 1 heterocycles. The number of ether oxygens (including phenoxy) is 2. The van der Waals surface area contributed by atoms with Crippen LogP contribution in [0.4, 0.5) is 5.00 Å². The molecule has 0 saturated carbocycles. The number of thiophene rings is 1. The Morgan fingerprint density at radius 3 is 2.68 bits per heavy atom. The van der Waals surface area contributed by atoms with Gasteiger partial charge in [0.05, 0.1) is 13.2 Å². The normalized spacial score (nSPS) is 10.6. The molecule has 0 atom stereocenters. The van der Waals surface area contributed by atoms with E-state index in [-0.39, 0.29) is 12.5 Å². The predicted octanol–water partition coefficient (Wildman–Crippen LogP) is 5.51. The van der Waals surface area contributed by atoms with Gasteiger partial charge in [-0.15, -0.1) is 11.3 Å². The zero-order chi connectivity index (χ0) is 19.9. The molecule has 0 saturated heterocycles. The molecule has 0 spiro atoms. The number of esters is 1. The quantitative estimate of drug-likeness (QED) is 0.402. The Morgan fingerprint density at radius 2 is 1.89 bits per heavy atom. The van der Waals surface area contributed by atoms with E-state index in [4.69, 9.17) is 9.47 Å². The minimum Gasteiger partial charge on any atom is -0.494 e. The van der Waals surface area contributed by atoms with Crippen molar-refractivity contribution in [2.45, 2.75) is 26.7 Å². The third-order valence-corrected chi connectivity index (χ3v) is 5.25. The zero-order valence-corrected chi connectivity index (χ0v) is 16.8. The molecular weight excluding hydrogens is 374 g/mol. The zero-order valence-electron chi connectivity index (χ0n) is 16.0. The van der Waals surface area contributed by atoms with Crippen LogP contribution in [0.1, 0.15) is 47.4 Å². The fourth-order valence-corrected chi connectivity index (χ4v) is 3.86. The second-order valence-electron chi connectivity index (χ2n) is 6.21. The maximum atomic E-state index is 12.8. The van der Waals surface area contributed by atoms with Crippen molar-refractivity contribution in [3.8, 4) is 5.75 Å². The molecule has 0 unspecified atom stereocenters. The third kappa shape index (κ3) is 4.51. The monoisotopic (exact) mass is 397 g/mol. The van der Waals surface area contributed by atoms with E-state index in [9.17, 15) is 9.59 Å². The van der Waals surface area contributed by atoms with Crippen molar-refractivity contribution < 1.29 is 19.1 Å². The highest BCUT2D eigenvalue weighted by Crippen LogP contribution is 2.36. The van der Waals surface area contributed by atoms with Crippen molar-refractivity contribution in [1.82, 2.24) is 0 Å². The van der Waals surface area contributed by atoms with E-state index in [0.29, 0.717) is 28.5 Å². The van der Waals surface area contributed by atoms with Gasteiger partial charge in [-0.05, 0) is 37.6 Å². The second-order valence-corrected chi connectivity index (χ2v) is 7.26. The number of fused-ring (bicyclic) bond motifs is 1. The number of carbonyl (C=O) groups is 2. The third-order valence-electron chi connectivity index (χ3n) is 4.16. The standard InChI is InChI=1S/C22H23NO4S/c1-3-5-13-27-16-10-8-9-15(14-16)20(24)23-21-19(22(25)26-4-2)17-11-6-7-12-18(17)28-21/h6-12,14H,3-5,13H2,1-2H3,(H,23,24). The van der Waals surface area contributed by atoms with Gasteiger partial charge in [0.25, 0.3) is 5.91 Å². The molecular formula is C22H23NO4S. The number of hydrogen-bond donors (Lipinski definition) is 1. The number of rotatable bonds is 8. The van der Waals surface area contributed by atoms with Gasteiger partial charge in [-0.1, -0.05) is 37.6 Å². The van der Waals surface area contributed by atoms with Crippen LogP contribution in [-0.2, 0) is 4.74 Å². The smallest absolute Gasteiger partial charge is 0.341 e. The number of amides is 1. The summed E-state index contributed by atoms with van der Waals surface area (Å²) in [6.07, 6.45) is 2.00. The van der Waals surface area contributed by atoms with Crippen molar-refractivity contribution in [2.75, 3.05) is 18.5 Å². The van der Waals surface area contributed by atoms with Crippen molar-refractivity contribution in [2.24, 2.45) is 0 Å². The molecule has 3 rings (SSSR count). The highest BCUT2D eigenvalue weighted by Gasteiger charge is 2.22. The van der Waals surface area contributed by atoms with E-state index in [0.717, 1.165) is 22.9 Å². The van der Waals surface area contributed by atoms with Gasteiger partial charge in [-0.3, -0.25) is 4.79 Å². The maximum Gasteiger partial charge on any atom is 0.341 e. The number of unbranched alkanes of at least 4 members (excludes halogenated alkanes) is 1. The Kier molecular flexibility index (Phi) is 6.66. The van der Waals surface area contributed by atoms with Gasteiger partial charge < -0.3 is 14.8 Å². The molecule has 1 aromatic heterocycles. The molecule has 0 fully saturated rings. The fraction of sp³-hybridized carbons (Fsp3) is 0.273. The molecule has 0 radical (unpaired) electrons. The molecule has 28 heavy (non-hydrogen) atoms. The van der Waals surface area contributed by atoms with Gasteiger partial charge in [0.15, 0.2) is 0 Å². The molecule has 6 heteroatoms. The average Bonchev–Trinajstić information content (AvgIpc) is 3.06. The Labute approximate surface area is 168 Å². The number of hydrogen-bond acceptors (Lipinski definition) is 5. The molecule has 0 aliphatic rings. The van der Waals surface area contributed by atoms with E-state index in [1.165, 1.54) is 11.3 Å². The van der Waals surface area contributed by atoms with Gasteiger partial charge in [-0.2, -0.15) is 0 Å². The van der Waals surface area contributed by atoms with E-state index < -0.39 is 5.97 Å². The minimum atomic E-state index is -0.438. The number of anilines is 1. The van der Waals surface area contributed by atoms with Gasteiger partial charge in [0.2, 0.25) is 0 Å². The Balaban J connectivity index is 1.86. The van der Waals surface area contributed by atoms with Crippen LogP contribution >= 0.6 is 11.3 Å². The van der Waals surface area contributed by atoms with Crippen LogP contribution in [0.25, 0.3) is 10.1 Å². The number of benzene rings is 2. The Hall–Kier alpha value is -2.86. The van der Waals surface area contributed by atoms with Crippen molar-refractivity contribution in [1.29, 1.82) is 0 Å². The summed E-state index contributed by atoms with van der Waals surface area (Å²) in [4.78, 5) is 25.3. The van der Waals surface area contributed by atoms with Crippen LogP contribution in [0.2, 0.25) is 0 Å². The summed E-state index contributed by atoms with van der Waals surface area (Å²) in [5.41, 5.74) is 0.868. The lowest BCUT2D eigenvalue weighted by atomic mass is 10.1. The first kappa shape index (κ1) is 19.9. The van der Waals surface area contributed by atoms with Gasteiger partial charge >= 0.3 is 5.97 Å². The minimum absolute atomic E-state index is 0.271. The van der Waals surface area contributed by atoms with E-state index in [1.54, 1.807) is 25.1 Å². The highest BCUT2D eigenvalue weighted by atomic mass is 32.1. The Morgan fingerprint density at radius 1 is 1.07 bits per heavy atom. The number of nitrogens with one attached hydrogen (secondary N) is 1. The molecule has 3 aromatic rings. The van der Waals surface area contributed by atoms with Crippen LogP contribution in [0, 0.1) is 0 Å².